The van der Waals surface area contributed by atoms with Crippen LogP contribution in [0.4, 0.5) is 0 Å². The Morgan fingerprint density at radius 2 is 1.86 bits per heavy atom. The molecule has 0 atom stereocenters. The van der Waals surface area contributed by atoms with Gasteiger partial charge in [0, 0.05) is 24.8 Å². The van der Waals surface area contributed by atoms with E-state index in [0.29, 0.717) is 4.90 Å². The molecule has 0 spiro atoms. The summed E-state index contributed by atoms with van der Waals surface area (Å²) in [4.78, 5) is 0.335. The van der Waals surface area contributed by atoms with Gasteiger partial charge in [0.25, 0.3) is 0 Å². The number of hydrogen-bond donors (Lipinski definition) is 1. The van der Waals surface area contributed by atoms with Gasteiger partial charge in [0.05, 0.1) is 10.6 Å². The zero-order valence-electron chi connectivity index (χ0n) is 13.1. The maximum absolute atomic E-state index is 12.5. The van der Waals surface area contributed by atoms with Gasteiger partial charge in [-0.05, 0) is 44.9 Å². The van der Waals surface area contributed by atoms with Crippen LogP contribution >= 0.6 is 0 Å². The Morgan fingerprint density at radius 3 is 2.43 bits per heavy atom. The van der Waals surface area contributed by atoms with Crippen molar-refractivity contribution in [3.05, 3.63) is 46.3 Å². The third-order valence-electron chi connectivity index (χ3n) is 3.73. The molecule has 0 saturated carbocycles. The number of hydrogen-bond acceptors (Lipinski definition) is 3. The van der Waals surface area contributed by atoms with Crippen molar-refractivity contribution in [3.8, 4) is 0 Å². The van der Waals surface area contributed by atoms with Crippen molar-refractivity contribution in [2.75, 3.05) is 0 Å². The van der Waals surface area contributed by atoms with Gasteiger partial charge >= 0.3 is 0 Å². The molecule has 2 aromatic rings. The third-order valence-corrected chi connectivity index (χ3v) is 5.27. The molecule has 0 aliphatic carbocycles. The molecule has 1 aromatic heterocycles. The van der Waals surface area contributed by atoms with Gasteiger partial charge < -0.3 is 0 Å². The van der Waals surface area contributed by atoms with Crippen LogP contribution in [0.15, 0.2) is 23.1 Å². The SMILES string of the molecule is Cc1ccc(C)c(S(=O)(=O)NCc2c(C)nn(C)c2C)c1. The fraction of sp³-hybridized carbons (Fsp3) is 0.400. The normalized spacial score (nSPS) is 11.9. The van der Waals surface area contributed by atoms with Crippen molar-refractivity contribution < 1.29 is 8.42 Å². The number of benzene rings is 1. The van der Waals surface area contributed by atoms with Crippen LogP contribution in [0.2, 0.25) is 0 Å². The van der Waals surface area contributed by atoms with Gasteiger partial charge in [-0.2, -0.15) is 5.10 Å². The number of aryl methyl sites for hydroxylation is 4. The Balaban J connectivity index is 2.28. The van der Waals surface area contributed by atoms with E-state index in [1.807, 2.05) is 40.0 Å². The summed E-state index contributed by atoms with van der Waals surface area (Å²) in [7, 11) is -1.67. The van der Waals surface area contributed by atoms with E-state index in [1.165, 1.54) is 0 Å². The van der Waals surface area contributed by atoms with E-state index in [4.69, 9.17) is 0 Å². The number of aromatic nitrogens is 2. The molecular formula is C15H21N3O2S. The minimum Gasteiger partial charge on any atom is -0.272 e. The van der Waals surface area contributed by atoms with Crippen LogP contribution in [-0.2, 0) is 23.6 Å². The molecule has 6 heteroatoms. The molecule has 0 amide bonds. The summed E-state index contributed by atoms with van der Waals surface area (Å²) in [5, 5.41) is 4.30. The summed E-state index contributed by atoms with van der Waals surface area (Å²) < 4.78 is 29.4. The molecule has 0 aliphatic heterocycles. The molecule has 0 fully saturated rings. The van der Waals surface area contributed by atoms with Crippen LogP contribution in [0.25, 0.3) is 0 Å². The van der Waals surface area contributed by atoms with Gasteiger partial charge in [-0.1, -0.05) is 12.1 Å². The standard InChI is InChI=1S/C15H21N3O2S/c1-10-6-7-11(2)15(8-10)21(19,20)16-9-14-12(3)17-18(5)13(14)4/h6-8,16H,9H2,1-5H3. The van der Waals surface area contributed by atoms with Crippen molar-refractivity contribution in [1.29, 1.82) is 0 Å². The molecule has 0 aliphatic rings. The quantitative estimate of drug-likeness (QED) is 0.941. The third kappa shape index (κ3) is 3.16. The average molecular weight is 307 g/mol. The molecule has 1 heterocycles. The Hall–Kier alpha value is -1.66. The first-order valence-electron chi connectivity index (χ1n) is 6.78. The predicted octanol–water partition coefficient (Wildman–Crippen LogP) is 2.13. The maximum Gasteiger partial charge on any atom is 0.241 e. The highest BCUT2D eigenvalue weighted by molar-refractivity contribution is 7.89. The maximum atomic E-state index is 12.5. The fourth-order valence-electron chi connectivity index (χ4n) is 2.32. The van der Waals surface area contributed by atoms with E-state index in [2.05, 4.69) is 9.82 Å². The molecule has 5 nitrogen and oxygen atoms in total. The minimum absolute atomic E-state index is 0.251. The summed E-state index contributed by atoms with van der Waals surface area (Å²) >= 11 is 0. The number of sulfonamides is 1. The van der Waals surface area contributed by atoms with E-state index in [9.17, 15) is 8.42 Å². The van der Waals surface area contributed by atoms with Crippen LogP contribution in [-0.4, -0.2) is 18.2 Å². The predicted molar refractivity (Wildman–Crippen MR) is 82.6 cm³/mol. The van der Waals surface area contributed by atoms with Crippen molar-refractivity contribution >= 4 is 10.0 Å². The van der Waals surface area contributed by atoms with E-state index in [0.717, 1.165) is 28.1 Å². The smallest absolute Gasteiger partial charge is 0.241 e. The molecule has 2 rings (SSSR count). The highest BCUT2D eigenvalue weighted by Crippen LogP contribution is 2.18. The summed E-state index contributed by atoms with van der Waals surface area (Å²) in [6.45, 7) is 7.75. The molecule has 1 N–H and O–H groups in total. The van der Waals surface area contributed by atoms with Gasteiger partial charge in [0.15, 0.2) is 0 Å². The minimum atomic E-state index is -3.52. The zero-order chi connectivity index (χ0) is 15.8. The summed E-state index contributed by atoms with van der Waals surface area (Å²) in [6, 6.07) is 5.43. The van der Waals surface area contributed by atoms with Crippen LogP contribution in [0, 0.1) is 27.7 Å². The van der Waals surface area contributed by atoms with E-state index in [-0.39, 0.29) is 6.54 Å². The largest absolute Gasteiger partial charge is 0.272 e. The lowest BCUT2D eigenvalue weighted by Crippen LogP contribution is -2.24. The van der Waals surface area contributed by atoms with Crippen molar-refractivity contribution in [1.82, 2.24) is 14.5 Å². The van der Waals surface area contributed by atoms with Crippen LogP contribution in [0.3, 0.4) is 0 Å². The molecule has 0 unspecified atom stereocenters. The summed E-state index contributed by atoms with van der Waals surface area (Å²) in [5.41, 5.74) is 4.41. The van der Waals surface area contributed by atoms with Crippen LogP contribution < -0.4 is 4.72 Å². The topological polar surface area (TPSA) is 64.0 Å². The number of rotatable bonds is 4. The van der Waals surface area contributed by atoms with Gasteiger partial charge in [-0.3, -0.25) is 4.68 Å². The molecule has 0 bridgehead atoms. The highest BCUT2D eigenvalue weighted by Gasteiger charge is 2.18. The summed E-state index contributed by atoms with van der Waals surface area (Å²) in [5.74, 6) is 0. The average Bonchev–Trinajstić information content (AvgIpc) is 2.64. The van der Waals surface area contributed by atoms with Gasteiger partial charge in [0.1, 0.15) is 0 Å². The first-order valence-corrected chi connectivity index (χ1v) is 8.26. The monoisotopic (exact) mass is 307 g/mol. The summed E-state index contributed by atoms with van der Waals surface area (Å²) in [6.07, 6.45) is 0. The molecule has 21 heavy (non-hydrogen) atoms. The molecule has 0 radical (unpaired) electrons. The second-order valence-electron chi connectivity index (χ2n) is 5.37. The van der Waals surface area contributed by atoms with Crippen molar-refractivity contribution in [3.63, 3.8) is 0 Å². The van der Waals surface area contributed by atoms with Crippen molar-refractivity contribution in [2.24, 2.45) is 7.05 Å². The second-order valence-corrected chi connectivity index (χ2v) is 7.10. The molecule has 0 saturated heterocycles. The first kappa shape index (κ1) is 15.7. The molecular weight excluding hydrogens is 286 g/mol. The van der Waals surface area contributed by atoms with Gasteiger partial charge in [-0.15, -0.1) is 0 Å². The van der Waals surface area contributed by atoms with Crippen LogP contribution in [0.1, 0.15) is 28.1 Å². The number of nitrogens with zero attached hydrogens (tertiary/aromatic N) is 2. The Bertz CT molecular complexity index is 776. The van der Waals surface area contributed by atoms with E-state index in [1.54, 1.807) is 17.7 Å². The lowest BCUT2D eigenvalue weighted by Gasteiger charge is -2.10. The van der Waals surface area contributed by atoms with E-state index < -0.39 is 10.0 Å². The molecule has 114 valence electrons. The Morgan fingerprint density at radius 1 is 1.19 bits per heavy atom. The van der Waals surface area contributed by atoms with Crippen LogP contribution in [0.5, 0.6) is 0 Å². The highest BCUT2D eigenvalue weighted by atomic mass is 32.2. The number of nitrogens with one attached hydrogen (secondary N) is 1. The van der Waals surface area contributed by atoms with Gasteiger partial charge in [-0.25, -0.2) is 13.1 Å². The first-order chi connectivity index (χ1) is 9.72. The Kier molecular flexibility index (Phi) is 4.20. The van der Waals surface area contributed by atoms with Gasteiger partial charge in [0.2, 0.25) is 10.0 Å². The fourth-order valence-corrected chi connectivity index (χ4v) is 3.64. The Labute approximate surface area is 126 Å². The van der Waals surface area contributed by atoms with E-state index >= 15 is 0 Å². The lowest BCUT2D eigenvalue weighted by atomic mass is 10.2. The lowest BCUT2D eigenvalue weighted by molar-refractivity contribution is 0.580. The zero-order valence-corrected chi connectivity index (χ0v) is 13.9. The molecule has 1 aromatic carbocycles. The van der Waals surface area contributed by atoms with Crippen molar-refractivity contribution in [2.45, 2.75) is 39.1 Å². The second kappa shape index (κ2) is 5.61.